The number of aromatic nitrogens is 1. The van der Waals surface area contributed by atoms with Gasteiger partial charge in [-0.2, -0.15) is 0 Å². The molecule has 0 aliphatic carbocycles. The van der Waals surface area contributed by atoms with Gasteiger partial charge in [-0.25, -0.2) is 0 Å². The highest BCUT2D eigenvalue weighted by Gasteiger charge is 2.03. The quantitative estimate of drug-likeness (QED) is 0.762. The lowest BCUT2D eigenvalue weighted by Gasteiger charge is -2.13. The number of ether oxygens (including phenoxy) is 2. The summed E-state index contributed by atoms with van der Waals surface area (Å²) in [6.07, 6.45) is 1.86. The summed E-state index contributed by atoms with van der Waals surface area (Å²) in [5.41, 5.74) is 7.50. The Labute approximate surface area is 96.8 Å². The first kappa shape index (κ1) is 13.1. The summed E-state index contributed by atoms with van der Waals surface area (Å²) < 4.78 is 10.9. The molecule has 0 aliphatic heterocycles. The third-order valence-corrected chi connectivity index (χ3v) is 2.18. The third-order valence-electron chi connectivity index (χ3n) is 2.18. The highest BCUT2D eigenvalue weighted by atomic mass is 16.5. The first-order valence-corrected chi connectivity index (χ1v) is 5.59. The number of hydrogen-bond donors (Lipinski definition) is 1. The molecule has 1 unspecified atom stereocenters. The van der Waals surface area contributed by atoms with Gasteiger partial charge in [0.25, 0.3) is 0 Å². The molecular weight excluding hydrogens is 204 g/mol. The molecule has 1 heterocycles. The van der Waals surface area contributed by atoms with E-state index < -0.39 is 0 Å². The van der Waals surface area contributed by atoms with Crippen molar-refractivity contribution in [3.63, 3.8) is 0 Å². The molecule has 0 fully saturated rings. The molecular formula is C12H20N2O2. The number of rotatable bonds is 7. The van der Waals surface area contributed by atoms with Crippen molar-refractivity contribution in [1.82, 2.24) is 4.98 Å². The minimum atomic E-state index is 0.106. The van der Waals surface area contributed by atoms with Crippen LogP contribution < -0.4 is 5.73 Å². The Hall–Kier alpha value is -0.970. The molecule has 16 heavy (non-hydrogen) atoms. The van der Waals surface area contributed by atoms with Crippen molar-refractivity contribution in [1.29, 1.82) is 0 Å². The van der Waals surface area contributed by atoms with Crippen LogP contribution >= 0.6 is 0 Å². The van der Waals surface area contributed by atoms with E-state index in [9.17, 15) is 0 Å². The number of pyridine rings is 1. The first-order chi connectivity index (χ1) is 7.76. The van der Waals surface area contributed by atoms with Crippen molar-refractivity contribution < 1.29 is 9.47 Å². The van der Waals surface area contributed by atoms with Gasteiger partial charge < -0.3 is 15.2 Å². The van der Waals surface area contributed by atoms with Gasteiger partial charge in [0, 0.05) is 19.3 Å². The van der Waals surface area contributed by atoms with Gasteiger partial charge in [-0.3, -0.25) is 4.98 Å². The van der Waals surface area contributed by atoms with Gasteiger partial charge in [0.05, 0.1) is 25.0 Å². The van der Waals surface area contributed by atoms with E-state index in [-0.39, 0.29) is 6.10 Å². The third kappa shape index (κ3) is 4.70. The molecule has 0 bridgehead atoms. The lowest BCUT2D eigenvalue weighted by Crippen LogP contribution is -2.16. The average Bonchev–Trinajstić information content (AvgIpc) is 2.34. The van der Waals surface area contributed by atoms with Gasteiger partial charge in [-0.1, -0.05) is 0 Å². The standard InChI is InChI=1S/C12H20N2O2/c1-3-15-8-10(2)16-9-11-4-5-14-12(6-11)7-13/h4-6,10H,3,7-9,13H2,1-2H3. The van der Waals surface area contributed by atoms with Gasteiger partial charge in [-0.05, 0) is 31.5 Å². The normalized spacial score (nSPS) is 12.7. The smallest absolute Gasteiger partial charge is 0.0785 e. The molecule has 1 aromatic heterocycles. The van der Waals surface area contributed by atoms with E-state index in [4.69, 9.17) is 15.2 Å². The summed E-state index contributed by atoms with van der Waals surface area (Å²) in [4.78, 5) is 4.13. The van der Waals surface area contributed by atoms with E-state index in [2.05, 4.69) is 4.98 Å². The molecule has 0 radical (unpaired) electrons. The molecule has 0 spiro atoms. The van der Waals surface area contributed by atoms with Crippen molar-refractivity contribution >= 4 is 0 Å². The van der Waals surface area contributed by atoms with Crippen LogP contribution in [0.4, 0.5) is 0 Å². The second-order valence-corrected chi connectivity index (χ2v) is 3.64. The van der Waals surface area contributed by atoms with Crippen LogP contribution in [-0.4, -0.2) is 24.3 Å². The zero-order chi connectivity index (χ0) is 11.8. The molecule has 4 nitrogen and oxygen atoms in total. The SMILES string of the molecule is CCOCC(C)OCc1ccnc(CN)c1. The summed E-state index contributed by atoms with van der Waals surface area (Å²) in [7, 11) is 0. The molecule has 90 valence electrons. The highest BCUT2D eigenvalue weighted by Crippen LogP contribution is 2.05. The van der Waals surface area contributed by atoms with Gasteiger partial charge in [0.15, 0.2) is 0 Å². The minimum Gasteiger partial charge on any atom is -0.379 e. The van der Waals surface area contributed by atoms with E-state index in [1.165, 1.54) is 0 Å². The molecule has 2 N–H and O–H groups in total. The average molecular weight is 224 g/mol. The van der Waals surface area contributed by atoms with Crippen molar-refractivity contribution in [3.05, 3.63) is 29.6 Å². The zero-order valence-electron chi connectivity index (χ0n) is 9.98. The first-order valence-electron chi connectivity index (χ1n) is 5.59. The van der Waals surface area contributed by atoms with E-state index in [0.29, 0.717) is 19.8 Å². The summed E-state index contributed by atoms with van der Waals surface area (Å²) in [5.74, 6) is 0. The Morgan fingerprint density at radius 1 is 1.50 bits per heavy atom. The highest BCUT2D eigenvalue weighted by molar-refractivity contribution is 5.15. The molecule has 0 saturated carbocycles. The molecule has 4 heteroatoms. The topological polar surface area (TPSA) is 57.4 Å². The predicted molar refractivity (Wildman–Crippen MR) is 62.9 cm³/mol. The fraction of sp³-hybridized carbons (Fsp3) is 0.583. The molecule has 1 atom stereocenters. The second-order valence-electron chi connectivity index (χ2n) is 3.64. The van der Waals surface area contributed by atoms with E-state index in [1.54, 1.807) is 6.20 Å². The lowest BCUT2D eigenvalue weighted by molar-refractivity contribution is -0.0117. The van der Waals surface area contributed by atoms with E-state index in [0.717, 1.165) is 17.9 Å². The van der Waals surface area contributed by atoms with Crippen molar-refractivity contribution in [3.8, 4) is 0 Å². The summed E-state index contributed by atoms with van der Waals surface area (Å²) in [6, 6.07) is 3.90. The Morgan fingerprint density at radius 2 is 2.31 bits per heavy atom. The predicted octanol–water partition coefficient (Wildman–Crippen LogP) is 1.48. The van der Waals surface area contributed by atoms with E-state index >= 15 is 0 Å². The van der Waals surface area contributed by atoms with E-state index in [1.807, 2.05) is 26.0 Å². The lowest BCUT2D eigenvalue weighted by atomic mass is 10.2. The zero-order valence-corrected chi connectivity index (χ0v) is 9.98. The summed E-state index contributed by atoms with van der Waals surface area (Å²) in [6.45, 7) is 6.36. The van der Waals surface area contributed by atoms with Crippen LogP contribution in [0.2, 0.25) is 0 Å². The van der Waals surface area contributed by atoms with Crippen molar-refractivity contribution in [2.45, 2.75) is 33.1 Å². The largest absolute Gasteiger partial charge is 0.379 e. The van der Waals surface area contributed by atoms with Crippen LogP contribution in [0.5, 0.6) is 0 Å². The van der Waals surface area contributed by atoms with Gasteiger partial charge in [0.2, 0.25) is 0 Å². The van der Waals surface area contributed by atoms with Crippen molar-refractivity contribution in [2.75, 3.05) is 13.2 Å². The van der Waals surface area contributed by atoms with Crippen molar-refractivity contribution in [2.24, 2.45) is 5.73 Å². The van der Waals surface area contributed by atoms with Crippen LogP contribution in [0.3, 0.4) is 0 Å². The Morgan fingerprint density at radius 3 is 3.00 bits per heavy atom. The molecule has 1 rings (SSSR count). The Bertz CT molecular complexity index is 305. The molecule has 0 aliphatic rings. The number of nitrogens with zero attached hydrogens (tertiary/aromatic N) is 1. The maximum atomic E-state index is 5.64. The minimum absolute atomic E-state index is 0.106. The second kappa shape index (κ2) is 7.33. The molecule has 0 aromatic carbocycles. The van der Waals surface area contributed by atoms with Crippen LogP contribution in [0.1, 0.15) is 25.1 Å². The fourth-order valence-corrected chi connectivity index (χ4v) is 1.30. The Balaban J connectivity index is 2.35. The Kier molecular flexibility index (Phi) is 6.00. The summed E-state index contributed by atoms with van der Waals surface area (Å²) in [5, 5.41) is 0. The van der Waals surface area contributed by atoms with Crippen LogP contribution in [0, 0.1) is 0 Å². The maximum Gasteiger partial charge on any atom is 0.0785 e. The molecule has 1 aromatic rings. The molecule has 0 saturated heterocycles. The number of nitrogens with two attached hydrogens (primary N) is 1. The van der Waals surface area contributed by atoms with Crippen LogP contribution in [0.15, 0.2) is 18.3 Å². The van der Waals surface area contributed by atoms with Gasteiger partial charge in [0.1, 0.15) is 0 Å². The molecule has 0 amide bonds. The van der Waals surface area contributed by atoms with Gasteiger partial charge in [-0.15, -0.1) is 0 Å². The number of hydrogen-bond acceptors (Lipinski definition) is 4. The van der Waals surface area contributed by atoms with Crippen LogP contribution in [0.25, 0.3) is 0 Å². The monoisotopic (exact) mass is 224 g/mol. The fourth-order valence-electron chi connectivity index (χ4n) is 1.30. The summed E-state index contributed by atoms with van der Waals surface area (Å²) >= 11 is 0. The van der Waals surface area contributed by atoms with Gasteiger partial charge >= 0.3 is 0 Å². The van der Waals surface area contributed by atoms with Crippen LogP contribution in [-0.2, 0) is 22.6 Å². The maximum absolute atomic E-state index is 5.64.